The molecule has 5 aromatic rings. The second kappa shape index (κ2) is 8.87. The van der Waals surface area contributed by atoms with Crippen molar-refractivity contribution >= 4 is 23.1 Å². The molecule has 3 aromatic carbocycles. The monoisotopic (exact) mass is 458 g/mol. The van der Waals surface area contributed by atoms with E-state index < -0.39 is 0 Å². The van der Waals surface area contributed by atoms with Crippen LogP contribution in [0.1, 0.15) is 12.0 Å². The van der Waals surface area contributed by atoms with Gasteiger partial charge in [-0.1, -0.05) is 42.5 Å². The van der Waals surface area contributed by atoms with Gasteiger partial charge in [-0.15, -0.1) is 10.2 Å². The molecule has 1 amide bonds. The molecule has 170 valence electrons. The Balaban J connectivity index is 1.28. The lowest BCUT2D eigenvalue weighted by atomic mass is 10.1. The number of para-hydroxylation sites is 1. The molecule has 0 saturated carbocycles. The predicted octanol–water partition coefficient (Wildman–Crippen LogP) is 5.62. The Hall–Kier alpha value is -4.78. The highest BCUT2D eigenvalue weighted by atomic mass is 16.1. The maximum atomic E-state index is 12.4. The van der Waals surface area contributed by atoms with Gasteiger partial charge < -0.3 is 10.6 Å². The second-order valence-corrected chi connectivity index (χ2v) is 8.34. The Morgan fingerprint density at radius 1 is 0.829 bits per heavy atom. The van der Waals surface area contributed by atoms with Gasteiger partial charge in [0, 0.05) is 29.4 Å². The summed E-state index contributed by atoms with van der Waals surface area (Å²) in [6.45, 7) is 0. The molecule has 0 atom stereocenters. The van der Waals surface area contributed by atoms with E-state index in [4.69, 9.17) is 0 Å². The summed E-state index contributed by atoms with van der Waals surface area (Å²) in [7, 11) is 0. The van der Waals surface area contributed by atoms with Crippen LogP contribution in [0.4, 0.5) is 17.2 Å². The first-order chi connectivity index (χ1) is 17.3. The summed E-state index contributed by atoms with van der Waals surface area (Å²) in [6.07, 6.45) is 2.90. The van der Waals surface area contributed by atoms with Crippen LogP contribution >= 0.6 is 0 Å². The number of amides is 1. The normalized spacial score (nSPS) is 11.4. The average Bonchev–Trinajstić information content (AvgIpc) is 3.28. The van der Waals surface area contributed by atoms with Gasteiger partial charge >= 0.3 is 0 Å². The molecule has 2 N–H and O–H groups in total. The van der Waals surface area contributed by atoms with Gasteiger partial charge in [-0.2, -0.15) is 0 Å². The maximum Gasteiger partial charge on any atom is 0.224 e. The summed E-state index contributed by atoms with van der Waals surface area (Å²) in [5, 5.41) is 15.5. The minimum absolute atomic E-state index is 0.0133. The highest BCUT2D eigenvalue weighted by Gasteiger charge is 2.24. The SMILES string of the molecule is O=C(CCc1ccccc1)Nc1ccc(-c2nnc3n2-c2cccnc2Nc2ccccc2-3)cc1. The second-order valence-electron chi connectivity index (χ2n) is 8.34. The van der Waals surface area contributed by atoms with Gasteiger partial charge in [0.1, 0.15) is 0 Å². The lowest BCUT2D eigenvalue weighted by molar-refractivity contribution is -0.116. The molecule has 0 aliphatic carbocycles. The van der Waals surface area contributed by atoms with E-state index >= 15 is 0 Å². The molecule has 7 heteroatoms. The van der Waals surface area contributed by atoms with Crippen LogP contribution in [0.2, 0.25) is 0 Å². The molecule has 7 nitrogen and oxygen atoms in total. The lowest BCUT2D eigenvalue weighted by Crippen LogP contribution is -2.12. The minimum Gasteiger partial charge on any atom is -0.338 e. The number of fused-ring (bicyclic) bond motifs is 5. The molecular weight excluding hydrogens is 436 g/mol. The van der Waals surface area contributed by atoms with Crippen LogP contribution in [0.3, 0.4) is 0 Å². The molecule has 0 bridgehead atoms. The lowest BCUT2D eigenvalue weighted by Gasteiger charge is -2.11. The van der Waals surface area contributed by atoms with Crippen molar-refractivity contribution in [2.45, 2.75) is 12.8 Å². The topological polar surface area (TPSA) is 84.7 Å². The number of anilines is 3. The zero-order valence-corrected chi connectivity index (χ0v) is 18.8. The predicted molar refractivity (Wildman–Crippen MR) is 137 cm³/mol. The Morgan fingerprint density at radius 3 is 2.46 bits per heavy atom. The first kappa shape index (κ1) is 20.8. The van der Waals surface area contributed by atoms with Crippen molar-refractivity contribution in [2.75, 3.05) is 10.6 Å². The van der Waals surface area contributed by atoms with Crippen molar-refractivity contribution in [3.63, 3.8) is 0 Å². The molecule has 0 unspecified atom stereocenters. The van der Waals surface area contributed by atoms with Crippen molar-refractivity contribution in [1.29, 1.82) is 0 Å². The fraction of sp³-hybridized carbons (Fsp3) is 0.0714. The van der Waals surface area contributed by atoms with Crippen LogP contribution < -0.4 is 10.6 Å². The zero-order chi connectivity index (χ0) is 23.6. The molecule has 1 aliphatic heterocycles. The van der Waals surface area contributed by atoms with Crippen LogP contribution in [0.15, 0.2) is 97.2 Å². The Labute approximate surface area is 202 Å². The summed E-state index contributed by atoms with van der Waals surface area (Å²) in [4.78, 5) is 17.0. The summed E-state index contributed by atoms with van der Waals surface area (Å²) in [5.41, 5.74) is 5.54. The first-order valence-electron chi connectivity index (χ1n) is 11.5. The number of hydrogen-bond donors (Lipinski definition) is 2. The van der Waals surface area contributed by atoms with Crippen molar-refractivity contribution in [1.82, 2.24) is 19.7 Å². The van der Waals surface area contributed by atoms with E-state index in [0.717, 1.165) is 45.4 Å². The number of carbonyl (C=O) groups excluding carboxylic acids is 1. The third kappa shape index (κ3) is 4.04. The highest BCUT2D eigenvalue weighted by Crippen LogP contribution is 2.39. The third-order valence-electron chi connectivity index (χ3n) is 6.02. The van der Waals surface area contributed by atoms with Crippen molar-refractivity contribution in [2.24, 2.45) is 0 Å². The number of rotatable bonds is 5. The highest BCUT2D eigenvalue weighted by molar-refractivity contribution is 5.91. The molecule has 0 saturated heterocycles. The van der Waals surface area contributed by atoms with Gasteiger partial charge in [0.15, 0.2) is 17.5 Å². The standard InChI is InChI=1S/C28H22N6O/c35-25(17-12-19-7-2-1-3-8-19)30-21-15-13-20(14-16-21)27-32-33-28-22-9-4-5-10-23(22)31-26-24(34(27)28)11-6-18-29-26/h1-11,13-16,18H,12,17H2,(H,29,31)(H,30,35). The molecule has 3 heterocycles. The Morgan fingerprint density at radius 2 is 1.60 bits per heavy atom. The fourth-order valence-electron chi connectivity index (χ4n) is 4.29. The summed E-state index contributed by atoms with van der Waals surface area (Å²) in [6, 6.07) is 29.6. The number of benzene rings is 3. The Kier molecular flexibility index (Phi) is 5.27. The van der Waals surface area contributed by atoms with Crippen LogP contribution in [0.25, 0.3) is 28.5 Å². The van der Waals surface area contributed by atoms with E-state index in [2.05, 4.69) is 25.8 Å². The van der Waals surface area contributed by atoms with E-state index in [0.29, 0.717) is 18.7 Å². The quantitative estimate of drug-likeness (QED) is 0.350. The molecule has 0 radical (unpaired) electrons. The number of carbonyl (C=O) groups is 1. The minimum atomic E-state index is -0.0133. The van der Waals surface area contributed by atoms with E-state index in [-0.39, 0.29) is 5.91 Å². The van der Waals surface area contributed by atoms with E-state index in [9.17, 15) is 4.79 Å². The number of nitrogens with zero attached hydrogens (tertiary/aromatic N) is 4. The molecule has 2 aromatic heterocycles. The van der Waals surface area contributed by atoms with Gasteiger partial charge in [-0.05, 0) is 60.5 Å². The summed E-state index contributed by atoms with van der Waals surface area (Å²) >= 11 is 0. The van der Waals surface area contributed by atoms with Crippen LogP contribution in [0, 0.1) is 0 Å². The maximum absolute atomic E-state index is 12.4. The molecular formula is C28H22N6O. The van der Waals surface area contributed by atoms with Crippen molar-refractivity contribution < 1.29 is 4.79 Å². The van der Waals surface area contributed by atoms with Crippen molar-refractivity contribution in [3.8, 4) is 28.5 Å². The largest absolute Gasteiger partial charge is 0.338 e. The average molecular weight is 459 g/mol. The van der Waals surface area contributed by atoms with E-state index in [1.54, 1.807) is 6.20 Å². The number of pyridine rings is 1. The molecule has 0 spiro atoms. The number of aryl methyl sites for hydroxylation is 1. The van der Waals surface area contributed by atoms with E-state index in [1.807, 2.05) is 95.6 Å². The van der Waals surface area contributed by atoms with Gasteiger partial charge in [-0.25, -0.2) is 4.98 Å². The first-order valence-corrected chi connectivity index (χ1v) is 11.5. The molecule has 0 fully saturated rings. The third-order valence-corrected chi connectivity index (χ3v) is 6.02. The van der Waals surface area contributed by atoms with Crippen LogP contribution in [-0.2, 0) is 11.2 Å². The molecule has 6 rings (SSSR count). The van der Waals surface area contributed by atoms with Crippen LogP contribution in [0.5, 0.6) is 0 Å². The number of nitrogens with one attached hydrogen (secondary N) is 2. The number of aromatic nitrogens is 4. The van der Waals surface area contributed by atoms with E-state index in [1.165, 1.54) is 0 Å². The fourth-order valence-corrected chi connectivity index (χ4v) is 4.29. The van der Waals surface area contributed by atoms with Crippen LogP contribution in [-0.4, -0.2) is 25.7 Å². The molecule has 35 heavy (non-hydrogen) atoms. The van der Waals surface area contributed by atoms with Gasteiger partial charge in [0.2, 0.25) is 5.91 Å². The zero-order valence-electron chi connectivity index (χ0n) is 18.8. The summed E-state index contributed by atoms with van der Waals surface area (Å²) in [5.74, 6) is 2.17. The summed E-state index contributed by atoms with van der Waals surface area (Å²) < 4.78 is 2.02. The van der Waals surface area contributed by atoms with Gasteiger partial charge in [-0.3, -0.25) is 9.36 Å². The van der Waals surface area contributed by atoms with Gasteiger partial charge in [0.05, 0.1) is 11.4 Å². The number of hydrogen-bond acceptors (Lipinski definition) is 5. The Bertz CT molecular complexity index is 1510. The van der Waals surface area contributed by atoms with Crippen molar-refractivity contribution in [3.05, 3.63) is 103 Å². The van der Waals surface area contributed by atoms with Gasteiger partial charge in [0.25, 0.3) is 0 Å². The molecule has 1 aliphatic rings. The smallest absolute Gasteiger partial charge is 0.224 e.